The maximum absolute atomic E-state index is 12.5. The number of carbonyl (C=O) groups excluding carboxylic acids is 1. The smallest absolute Gasteiger partial charge is 0.341 e. The van der Waals surface area contributed by atoms with Crippen molar-refractivity contribution in [2.75, 3.05) is 13.2 Å². The van der Waals surface area contributed by atoms with E-state index >= 15 is 0 Å². The molecule has 0 unspecified atom stereocenters. The molecule has 0 bridgehead atoms. The van der Waals surface area contributed by atoms with Crippen LogP contribution in [0.4, 0.5) is 0 Å². The fourth-order valence-corrected chi connectivity index (χ4v) is 2.38. The van der Waals surface area contributed by atoms with E-state index in [1.54, 1.807) is 18.2 Å². The zero-order chi connectivity index (χ0) is 19.7. The number of rotatable bonds is 10. The minimum absolute atomic E-state index is 0.118. The molecule has 6 heteroatoms. The van der Waals surface area contributed by atoms with Gasteiger partial charge in [0.25, 0.3) is 0 Å². The number of nitrogens with one attached hydrogen (secondary N) is 1. The van der Waals surface area contributed by atoms with E-state index in [0.29, 0.717) is 25.5 Å². The molecule has 0 saturated heterocycles. The van der Waals surface area contributed by atoms with Gasteiger partial charge < -0.3 is 19.9 Å². The van der Waals surface area contributed by atoms with Gasteiger partial charge in [-0.05, 0) is 37.1 Å². The van der Waals surface area contributed by atoms with E-state index in [1.165, 1.54) is 0 Å². The Kier molecular flexibility index (Phi) is 7.37. The van der Waals surface area contributed by atoms with Gasteiger partial charge in [-0.3, -0.25) is 4.79 Å². The Morgan fingerprint density at radius 2 is 1.74 bits per heavy atom. The van der Waals surface area contributed by atoms with E-state index < -0.39 is 18.0 Å². The third-order valence-electron chi connectivity index (χ3n) is 3.90. The van der Waals surface area contributed by atoms with Gasteiger partial charge in [0, 0.05) is 6.54 Å². The van der Waals surface area contributed by atoms with E-state index in [0.717, 1.165) is 11.1 Å². The summed E-state index contributed by atoms with van der Waals surface area (Å²) in [5.41, 5.74) is 1.21. The summed E-state index contributed by atoms with van der Waals surface area (Å²) in [7, 11) is 0. The van der Waals surface area contributed by atoms with Crippen LogP contribution in [0.25, 0.3) is 0 Å². The molecule has 27 heavy (non-hydrogen) atoms. The normalized spacial score (nSPS) is 11.0. The lowest BCUT2D eigenvalue weighted by atomic mass is 9.93. The molecule has 0 aliphatic heterocycles. The zero-order valence-corrected chi connectivity index (χ0v) is 15.6. The Morgan fingerprint density at radius 1 is 1.04 bits per heavy atom. The lowest BCUT2D eigenvalue weighted by Crippen LogP contribution is -2.39. The highest BCUT2D eigenvalue weighted by molar-refractivity contribution is 5.81. The highest BCUT2D eigenvalue weighted by atomic mass is 16.5. The first kappa shape index (κ1) is 20.5. The van der Waals surface area contributed by atoms with E-state index in [4.69, 9.17) is 14.6 Å². The quantitative estimate of drug-likeness (QED) is 0.671. The van der Waals surface area contributed by atoms with Crippen molar-refractivity contribution in [2.24, 2.45) is 5.41 Å². The second-order valence-electron chi connectivity index (χ2n) is 6.87. The molecule has 0 spiro atoms. The lowest BCUT2D eigenvalue weighted by molar-refractivity contribution is -0.139. The number of aliphatic carboxylic acids is 1. The van der Waals surface area contributed by atoms with Gasteiger partial charge in [-0.15, -0.1) is 0 Å². The van der Waals surface area contributed by atoms with Crippen LogP contribution < -0.4 is 10.1 Å². The Bertz CT molecular complexity index is 758. The van der Waals surface area contributed by atoms with Crippen molar-refractivity contribution in [2.45, 2.75) is 27.0 Å². The van der Waals surface area contributed by atoms with Crippen molar-refractivity contribution in [3.63, 3.8) is 0 Å². The molecule has 1 amide bonds. The molecule has 0 atom stereocenters. The summed E-state index contributed by atoms with van der Waals surface area (Å²) in [6.07, 6.45) is 0. The van der Waals surface area contributed by atoms with Crippen molar-refractivity contribution in [1.82, 2.24) is 5.32 Å². The highest BCUT2D eigenvalue weighted by Gasteiger charge is 2.27. The second-order valence-corrected chi connectivity index (χ2v) is 6.87. The number of amides is 1. The molecule has 0 saturated carbocycles. The Morgan fingerprint density at radius 3 is 2.44 bits per heavy atom. The van der Waals surface area contributed by atoms with Gasteiger partial charge in [-0.1, -0.05) is 42.5 Å². The topological polar surface area (TPSA) is 84.9 Å². The monoisotopic (exact) mass is 371 g/mol. The van der Waals surface area contributed by atoms with E-state index in [1.807, 2.05) is 50.2 Å². The molecular weight excluding hydrogens is 346 g/mol. The molecule has 6 nitrogen and oxygen atoms in total. The second kappa shape index (κ2) is 9.73. The summed E-state index contributed by atoms with van der Waals surface area (Å²) < 4.78 is 10.8. The average Bonchev–Trinajstić information content (AvgIpc) is 2.65. The van der Waals surface area contributed by atoms with Crippen molar-refractivity contribution in [3.05, 3.63) is 65.7 Å². The van der Waals surface area contributed by atoms with Crippen molar-refractivity contribution in [3.8, 4) is 5.75 Å². The number of hydrogen-bond donors (Lipinski definition) is 2. The summed E-state index contributed by atoms with van der Waals surface area (Å²) >= 11 is 0. The fraction of sp³-hybridized carbons (Fsp3) is 0.333. The SMILES string of the molecule is CC(C)(COCc1ccccc1)C(=O)NCc1cccc(OCC(=O)O)c1. The summed E-state index contributed by atoms with van der Waals surface area (Å²) in [6.45, 7) is 4.35. The van der Waals surface area contributed by atoms with Crippen molar-refractivity contribution < 1.29 is 24.2 Å². The van der Waals surface area contributed by atoms with Gasteiger partial charge in [-0.25, -0.2) is 4.79 Å². The summed E-state index contributed by atoms with van der Waals surface area (Å²) in [6, 6.07) is 16.8. The van der Waals surface area contributed by atoms with E-state index in [2.05, 4.69) is 5.32 Å². The third-order valence-corrected chi connectivity index (χ3v) is 3.90. The van der Waals surface area contributed by atoms with Gasteiger partial charge in [0.1, 0.15) is 5.75 Å². The van der Waals surface area contributed by atoms with Crippen molar-refractivity contribution in [1.29, 1.82) is 0 Å². The highest BCUT2D eigenvalue weighted by Crippen LogP contribution is 2.18. The minimum atomic E-state index is -1.04. The summed E-state index contributed by atoms with van der Waals surface area (Å²) in [5, 5.41) is 11.5. The van der Waals surface area contributed by atoms with Gasteiger partial charge in [0.05, 0.1) is 18.6 Å². The maximum Gasteiger partial charge on any atom is 0.341 e. The summed E-state index contributed by atoms with van der Waals surface area (Å²) in [5.74, 6) is -0.701. The number of carboxylic acids is 1. The molecule has 0 radical (unpaired) electrons. The molecular formula is C21H25NO5. The Balaban J connectivity index is 1.81. The first-order valence-corrected chi connectivity index (χ1v) is 8.70. The Hall–Kier alpha value is -2.86. The summed E-state index contributed by atoms with van der Waals surface area (Å²) in [4.78, 5) is 23.0. The standard InChI is InChI=1S/C21H25NO5/c1-21(2,15-26-13-16-7-4-3-5-8-16)20(25)22-12-17-9-6-10-18(11-17)27-14-19(23)24/h3-11H,12-15H2,1-2H3,(H,22,25)(H,23,24). The molecule has 0 heterocycles. The predicted octanol–water partition coefficient (Wildman–Crippen LogP) is 3.01. The molecule has 2 rings (SSSR count). The zero-order valence-electron chi connectivity index (χ0n) is 15.6. The van der Waals surface area contributed by atoms with Gasteiger partial charge in [-0.2, -0.15) is 0 Å². The van der Waals surface area contributed by atoms with Gasteiger partial charge in [0.15, 0.2) is 6.61 Å². The molecule has 0 aromatic heterocycles. The number of benzene rings is 2. The minimum Gasteiger partial charge on any atom is -0.482 e. The molecule has 0 aliphatic carbocycles. The van der Waals surface area contributed by atoms with Gasteiger partial charge in [0.2, 0.25) is 5.91 Å². The van der Waals surface area contributed by atoms with Crippen LogP contribution in [0, 0.1) is 5.41 Å². The molecule has 0 fully saturated rings. The maximum atomic E-state index is 12.5. The van der Waals surface area contributed by atoms with E-state index in [9.17, 15) is 9.59 Å². The average molecular weight is 371 g/mol. The third kappa shape index (κ3) is 7.11. The molecule has 2 aromatic carbocycles. The van der Waals surface area contributed by atoms with Crippen LogP contribution in [-0.4, -0.2) is 30.2 Å². The molecule has 0 aliphatic rings. The van der Waals surface area contributed by atoms with Crippen LogP contribution in [-0.2, 0) is 27.5 Å². The first-order valence-electron chi connectivity index (χ1n) is 8.70. The van der Waals surface area contributed by atoms with Crippen LogP contribution in [0.1, 0.15) is 25.0 Å². The predicted molar refractivity (Wildman–Crippen MR) is 101 cm³/mol. The number of ether oxygens (including phenoxy) is 2. The van der Waals surface area contributed by atoms with Crippen LogP contribution in [0.15, 0.2) is 54.6 Å². The van der Waals surface area contributed by atoms with Crippen LogP contribution >= 0.6 is 0 Å². The molecule has 2 aromatic rings. The lowest BCUT2D eigenvalue weighted by Gasteiger charge is -2.23. The van der Waals surface area contributed by atoms with E-state index in [-0.39, 0.29) is 5.91 Å². The van der Waals surface area contributed by atoms with Crippen LogP contribution in [0.2, 0.25) is 0 Å². The largest absolute Gasteiger partial charge is 0.482 e. The van der Waals surface area contributed by atoms with Crippen LogP contribution in [0.5, 0.6) is 5.75 Å². The van der Waals surface area contributed by atoms with Crippen LogP contribution in [0.3, 0.4) is 0 Å². The first-order chi connectivity index (χ1) is 12.9. The Labute approximate surface area is 159 Å². The number of carbonyl (C=O) groups is 2. The molecule has 2 N–H and O–H groups in total. The number of carboxylic acid groups (broad SMARTS) is 1. The van der Waals surface area contributed by atoms with Crippen molar-refractivity contribution >= 4 is 11.9 Å². The fourth-order valence-electron chi connectivity index (χ4n) is 2.38. The molecule has 144 valence electrons. The van der Waals surface area contributed by atoms with Gasteiger partial charge >= 0.3 is 5.97 Å². The number of hydrogen-bond acceptors (Lipinski definition) is 4.